The summed E-state index contributed by atoms with van der Waals surface area (Å²) >= 11 is 0. The first-order chi connectivity index (χ1) is 15.0. The number of carbonyl (C=O) groups excluding carboxylic acids is 1. The number of ether oxygens (including phenoxy) is 1. The molecule has 0 atom stereocenters. The normalized spacial score (nSPS) is 17.7. The van der Waals surface area contributed by atoms with E-state index in [1.54, 1.807) is 18.3 Å². The first kappa shape index (κ1) is 20.2. The molecule has 1 saturated carbocycles. The lowest BCUT2D eigenvalue weighted by Crippen LogP contribution is -2.40. The molecule has 0 unspecified atom stereocenters. The number of fused-ring (bicyclic) bond motifs is 1. The fourth-order valence-corrected chi connectivity index (χ4v) is 5.31. The molecular weight excluding hydrogens is 416 g/mol. The maximum Gasteiger partial charge on any atom is 0.254 e. The van der Waals surface area contributed by atoms with E-state index in [0.717, 1.165) is 24.2 Å². The van der Waals surface area contributed by atoms with Gasteiger partial charge in [-0.3, -0.25) is 4.79 Å². The highest BCUT2D eigenvalue weighted by molar-refractivity contribution is 7.89. The SMILES string of the molecule is O=C(c1ccc(S(=O)(=O)N2CCOCC2)cc1)N(Cc1cnc2ccccn12)C1CC1. The number of carbonyl (C=O) groups is 1. The Hall–Kier alpha value is -2.75. The molecule has 0 radical (unpaired) electrons. The Morgan fingerprint density at radius 1 is 1.10 bits per heavy atom. The van der Waals surface area contributed by atoms with Gasteiger partial charge in [-0.15, -0.1) is 0 Å². The Labute approximate surface area is 181 Å². The predicted octanol–water partition coefficient (Wildman–Crippen LogP) is 2.16. The average molecular weight is 441 g/mol. The third-order valence-corrected chi connectivity index (χ3v) is 7.70. The van der Waals surface area contributed by atoms with Crippen LogP contribution in [0.3, 0.4) is 0 Å². The van der Waals surface area contributed by atoms with E-state index in [9.17, 15) is 13.2 Å². The molecule has 5 rings (SSSR count). The highest BCUT2D eigenvalue weighted by Crippen LogP contribution is 2.30. The van der Waals surface area contributed by atoms with Crippen LogP contribution in [-0.4, -0.2) is 65.3 Å². The molecule has 1 aliphatic carbocycles. The standard InChI is InChI=1S/C22H24N4O4S/c27-22(17-4-8-20(9-5-17)31(28,29)24-11-13-30-14-12-24)26(18-6-7-18)16-19-15-23-21-3-1-2-10-25(19)21/h1-5,8-10,15,18H,6-7,11-14,16H2. The van der Waals surface area contributed by atoms with Crippen molar-refractivity contribution in [2.75, 3.05) is 26.3 Å². The van der Waals surface area contributed by atoms with Gasteiger partial charge in [0, 0.05) is 30.9 Å². The van der Waals surface area contributed by atoms with Crippen LogP contribution in [0.5, 0.6) is 0 Å². The first-order valence-corrected chi connectivity index (χ1v) is 11.9. The molecular formula is C22H24N4O4S. The highest BCUT2D eigenvalue weighted by Gasteiger charge is 2.34. The van der Waals surface area contributed by atoms with E-state index in [2.05, 4.69) is 4.98 Å². The van der Waals surface area contributed by atoms with Crippen LogP contribution in [0.4, 0.5) is 0 Å². The Bertz CT molecular complexity index is 1200. The zero-order valence-corrected chi connectivity index (χ0v) is 17.9. The van der Waals surface area contributed by atoms with Crippen molar-refractivity contribution in [1.29, 1.82) is 0 Å². The lowest BCUT2D eigenvalue weighted by molar-refractivity contribution is 0.0727. The summed E-state index contributed by atoms with van der Waals surface area (Å²) in [5.41, 5.74) is 2.28. The van der Waals surface area contributed by atoms with Crippen LogP contribution in [0.15, 0.2) is 59.8 Å². The van der Waals surface area contributed by atoms with Gasteiger partial charge in [-0.1, -0.05) is 6.07 Å². The average Bonchev–Trinajstić information content (AvgIpc) is 3.58. The van der Waals surface area contributed by atoms with Crippen molar-refractivity contribution in [3.05, 3.63) is 66.1 Å². The third kappa shape index (κ3) is 3.96. The zero-order valence-electron chi connectivity index (χ0n) is 17.1. The second kappa shape index (κ2) is 8.07. The minimum Gasteiger partial charge on any atom is -0.379 e. The Morgan fingerprint density at radius 2 is 1.84 bits per heavy atom. The maximum absolute atomic E-state index is 13.3. The lowest BCUT2D eigenvalue weighted by atomic mass is 10.2. The fraction of sp³-hybridized carbons (Fsp3) is 0.364. The van der Waals surface area contributed by atoms with Crippen molar-refractivity contribution in [2.45, 2.75) is 30.3 Å². The topological polar surface area (TPSA) is 84.2 Å². The van der Waals surface area contributed by atoms with E-state index < -0.39 is 10.0 Å². The molecule has 1 aromatic carbocycles. The van der Waals surface area contributed by atoms with Crippen molar-refractivity contribution >= 4 is 21.6 Å². The summed E-state index contributed by atoms with van der Waals surface area (Å²) in [6.07, 6.45) is 5.70. The quantitative estimate of drug-likeness (QED) is 0.587. The number of rotatable bonds is 6. The second-order valence-corrected chi connectivity index (χ2v) is 9.82. The van der Waals surface area contributed by atoms with Crippen LogP contribution in [0.25, 0.3) is 5.65 Å². The lowest BCUT2D eigenvalue weighted by Gasteiger charge is -2.26. The van der Waals surface area contributed by atoms with Gasteiger partial charge in [-0.25, -0.2) is 13.4 Å². The van der Waals surface area contributed by atoms with Gasteiger partial charge in [-0.2, -0.15) is 4.31 Å². The molecule has 0 spiro atoms. The number of benzene rings is 1. The van der Waals surface area contributed by atoms with E-state index in [1.807, 2.05) is 33.7 Å². The molecule has 162 valence electrons. The van der Waals surface area contributed by atoms with Crippen molar-refractivity contribution in [1.82, 2.24) is 18.6 Å². The molecule has 0 bridgehead atoms. The number of nitrogens with zero attached hydrogens (tertiary/aromatic N) is 4. The number of hydrogen-bond donors (Lipinski definition) is 0. The van der Waals surface area contributed by atoms with Gasteiger partial charge >= 0.3 is 0 Å². The van der Waals surface area contributed by atoms with E-state index >= 15 is 0 Å². The largest absolute Gasteiger partial charge is 0.379 e. The molecule has 2 fully saturated rings. The fourth-order valence-electron chi connectivity index (χ4n) is 3.90. The number of pyridine rings is 1. The number of amides is 1. The number of imidazole rings is 1. The predicted molar refractivity (Wildman–Crippen MR) is 114 cm³/mol. The van der Waals surface area contributed by atoms with Crippen LogP contribution in [-0.2, 0) is 21.3 Å². The number of hydrogen-bond acceptors (Lipinski definition) is 5. The summed E-state index contributed by atoms with van der Waals surface area (Å²) in [5.74, 6) is -0.0938. The maximum atomic E-state index is 13.3. The Kier molecular flexibility index (Phi) is 5.25. The summed E-state index contributed by atoms with van der Waals surface area (Å²) < 4.78 is 34.3. The van der Waals surface area contributed by atoms with E-state index in [0.29, 0.717) is 38.4 Å². The van der Waals surface area contributed by atoms with Gasteiger partial charge < -0.3 is 14.0 Å². The molecule has 3 heterocycles. The molecule has 1 saturated heterocycles. The number of morpholine rings is 1. The summed E-state index contributed by atoms with van der Waals surface area (Å²) in [6, 6.07) is 12.3. The molecule has 1 amide bonds. The summed E-state index contributed by atoms with van der Waals surface area (Å²) in [4.78, 5) is 19.7. The molecule has 1 aliphatic heterocycles. The molecule has 3 aromatic rings. The second-order valence-electron chi connectivity index (χ2n) is 7.88. The number of sulfonamides is 1. The van der Waals surface area contributed by atoms with Gasteiger partial charge in [0.2, 0.25) is 10.0 Å². The van der Waals surface area contributed by atoms with Gasteiger partial charge in [0.15, 0.2) is 0 Å². The van der Waals surface area contributed by atoms with Crippen molar-refractivity contribution in [3.63, 3.8) is 0 Å². The van der Waals surface area contributed by atoms with Gasteiger partial charge in [0.25, 0.3) is 5.91 Å². The molecule has 2 aromatic heterocycles. The molecule has 0 N–H and O–H groups in total. The van der Waals surface area contributed by atoms with Gasteiger partial charge in [0.05, 0.1) is 36.5 Å². The van der Waals surface area contributed by atoms with Gasteiger partial charge in [-0.05, 0) is 49.2 Å². The minimum atomic E-state index is -3.58. The third-order valence-electron chi connectivity index (χ3n) is 5.78. The summed E-state index contributed by atoms with van der Waals surface area (Å²) in [6.45, 7) is 1.95. The van der Waals surface area contributed by atoms with Crippen LogP contribution in [0.2, 0.25) is 0 Å². The van der Waals surface area contributed by atoms with Crippen LogP contribution < -0.4 is 0 Å². The first-order valence-electron chi connectivity index (χ1n) is 10.4. The minimum absolute atomic E-state index is 0.0938. The highest BCUT2D eigenvalue weighted by atomic mass is 32.2. The molecule has 2 aliphatic rings. The molecule has 31 heavy (non-hydrogen) atoms. The van der Waals surface area contributed by atoms with E-state index in [1.165, 1.54) is 16.4 Å². The Balaban J connectivity index is 1.36. The van der Waals surface area contributed by atoms with Crippen molar-refractivity contribution < 1.29 is 17.9 Å². The zero-order chi connectivity index (χ0) is 21.4. The van der Waals surface area contributed by atoms with Crippen LogP contribution >= 0.6 is 0 Å². The summed E-state index contributed by atoms with van der Waals surface area (Å²) in [7, 11) is -3.58. The molecule has 8 nitrogen and oxygen atoms in total. The van der Waals surface area contributed by atoms with Gasteiger partial charge in [0.1, 0.15) is 5.65 Å². The van der Waals surface area contributed by atoms with Crippen molar-refractivity contribution in [3.8, 4) is 0 Å². The van der Waals surface area contributed by atoms with Crippen molar-refractivity contribution in [2.24, 2.45) is 0 Å². The van der Waals surface area contributed by atoms with E-state index in [4.69, 9.17) is 4.74 Å². The monoisotopic (exact) mass is 440 g/mol. The molecule has 9 heteroatoms. The smallest absolute Gasteiger partial charge is 0.254 e. The van der Waals surface area contributed by atoms with Crippen LogP contribution in [0, 0.1) is 0 Å². The summed E-state index contributed by atoms with van der Waals surface area (Å²) in [5, 5.41) is 0. The number of aromatic nitrogens is 2. The van der Waals surface area contributed by atoms with Crippen LogP contribution in [0.1, 0.15) is 28.9 Å². The Morgan fingerprint density at radius 3 is 2.55 bits per heavy atom. The van der Waals surface area contributed by atoms with E-state index in [-0.39, 0.29) is 16.8 Å².